The molecule has 2 heterocycles. The summed E-state index contributed by atoms with van der Waals surface area (Å²) in [5, 5.41) is 1.07. The molecule has 0 unspecified atom stereocenters. The minimum atomic E-state index is -0.197. The fourth-order valence-corrected chi connectivity index (χ4v) is 4.16. The van der Waals surface area contributed by atoms with Gasteiger partial charge in [0.05, 0.1) is 5.56 Å². The Hall–Kier alpha value is -3.21. The highest BCUT2D eigenvalue weighted by Crippen LogP contribution is 2.37. The molecule has 5 rings (SSSR count). The Bertz CT molecular complexity index is 1270. The topological polar surface area (TPSA) is 44.8 Å². The Morgan fingerprint density at radius 3 is 2.59 bits per heavy atom. The van der Waals surface area contributed by atoms with E-state index in [2.05, 4.69) is 0 Å². The number of hydrogen-bond donors (Lipinski definition) is 0. The van der Waals surface area contributed by atoms with Crippen LogP contribution in [0.4, 0.5) is 0 Å². The number of fused-ring (bicyclic) bond motifs is 2. The lowest BCUT2D eigenvalue weighted by molar-refractivity contribution is 0.101. The molecule has 0 saturated carbocycles. The molecule has 0 radical (unpaired) electrons. The third-order valence-electron chi connectivity index (χ3n) is 5.40. The molecule has 160 valence electrons. The van der Waals surface area contributed by atoms with Gasteiger partial charge in [-0.2, -0.15) is 0 Å². The summed E-state index contributed by atoms with van der Waals surface area (Å²) in [5.41, 5.74) is 3.02. The summed E-state index contributed by atoms with van der Waals surface area (Å²) >= 11 is 12.4. The van der Waals surface area contributed by atoms with E-state index in [1.807, 2.05) is 37.3 Å². The molecule has 0 N–H and O–H groups in total. The van der Waals surface area contributed by atoms with Crippen LogP contribution in [0.2, 0.25) is 10.0 Å². The lowest BCUT2D eigenvalue weighted by Crippen LogP contribution is -2.18. The molecule has 0 saturated heterocycles. The van der Waals surface area contributed by atoms with Crippen LogP contribution in [0.25, 0.3) is 6.08 Å². The first-order valence-corrected chi connectivity index (χ1v) is 10.9. The Morgan fingerprint density at radius 2 is 1.78 bits per heavy atom. The monoisotopic (exact) mass is 464 g/mol. The molecule has 0 bridgehead atoms. The van der Waals surface area contributed by atoms with Crippen molar-refractivity contribution >= 4 is 35.1 Å². The molecule has 4 nitrogen and oxygen atoms in total. The largest absolute Gasteiger partial charge is 0.489 e. The van der Waals surface area contributed by atoms with E-state index in [-0.39, 0.29) is 24.3 Å². The molecule has 0 amide bonds. The number of halogens is 2. The van der Waals surface area contributed by atoms with Crippen molar-refractivity contribution in [2.45, 2.75) is 19.6 Å². The van der Waals surface area contributed by atoms with Crippen LogP contribution in [0.15, 0.2) is 78.1 Å². The molecule has 6 heteroatoms. The van der Waals surface area contributed by atoms with E-state index in [9.17, 15) is 4.79 Å². The Kier molecular flexibility index (Phi) is 5.41. The van der Waals surface area contributed by atoms with Crippen LogP contribution in [-0.2, 0) is 6.61 Å². The Morgan fingerprint density at radius 1 is 1.00 bits per heavy atom. The lowest BCUT2D eigenvalue weighted by Gasteiger charge is -2.22. The van der Waals surface area contributed by atoms with Crippen LogP contribution in [-0.4, -0.2) is 11.9 Å². The second-order valence-electron chi connectivity index (χ2n) is 7.53. The van der Waals surface area contributed by atoms with Crippen LogP contribution >= 0.6 is 23.2 Å². The number of para-hydroxylation sites is 1. The van der Waals surface area contributed by atoms with Crippen molar-refractivity contribution < 1.29 is 19.0 Å². The van der Waals surface area contributed by atoms with Gasteiger partial charge in [0.25, 0.3) is 0 Å². The van der Waals surface area contributed by atoms with Crippen molar-refractivity contribution in [1.82, 2.24) is 0 Å². The maximum absolute atomic E-state index is 12.9. The third kappa shape index (κ3) is 3.88. The van der Waals surface area contributed by atoms with E-state index < -0.39 is 0 Å². The zero-order chi connectivity index (χ0) is 22.2. The normalized spacial score (nSPS) is 17.8. The molecule has 3 aromatic rings. The summed E-state index contributed by atoms with van der Waals surface area (Å²) < 4.78 is 17.7. The van der Waals surface area contributed by atoms with Gasteiger partial charge in [0.15, 0.2) is 5.76 Å². The fourth-order valence-electron chi connectivity index (χ4n) is 3.66. The van der Waals surface area contributed by atoms with Gasteiger partial charge in [0.2, 0.25) is 5.78 Å². The molecule has 3 aromatic carbocycles. The lowest BCUT2D eigenvalue weighted by atomic mass is 10.0. The van der Waals surface area contributed by atoms with Gasteiger partial charge in [-0.25, -0.2) is 0 Å². The third-order valence-corrected chi connectivity index (χ3v) is 6.11. The minimum Gasteiger partial charge on any atom is -0.489 e. The molecular weight excluding hydrogens is 447 g/mol. The number of Topliss-reactive ketones (excluding diaryl/α,β-unsaturated/α-hetero) is 1. The average molecular weight is 465 g/mol. The second-order valence-corrected chi connectivity index (χ2v) is 8.34. The fraction of sp³-hybridized carbons (Fsp3) is 0.115. The van der Waals surface area contributed by atoms with Gasteiger partial charge >= 0.3 is 0 Å². The van der Waals surface area contributed by atoms with E-state index in [0.717, 1.165) is 16.9 Å². The van der Waals surface area contributed by atoms with Gasteiger partial charge in [-0.05, 0) is 55.0 Å². The summed E-state index contributed by atoms with van der Waals surface area (Å²) in [7, 11) is 0. The number of allylic oxidation sites excluding steroid dienone is 1. The highest BCUT2D eigenvalue weighted by molar-refractivity contribution is 6.35. The highest BCUT2D eigenvalue weighted by atomic mass is 35.5. The summed E-state index contributed by atoms with van der Waals surface area (Å²) in [4.78, 5) is 12.9. The molecule has 0 fully saturated rings. The van der Waals surface area contributed by atoms with Gasteiger partial charge in [0, 0.05) is 27.2 Å². The molecule has 2 aliphatic heterocycles. The zero-order valence-corrected chi connectivity index (χ0v) is 18.6. The first kappa shape index (κ1) is 20.7. The second kappa shape index (κ2) is 8.38. The summed E-state index contributed by atoms with van der Waals surface area (Å²) in [5.74, 6) is 1.91. The standard InChI is InChI=1S/C26H18Cl2O4/c1-15-17(11-16-5-2-3-8-23(16)31-15)12-25-26(29)19-10-9-18(13-24(19)32-25)30-14-20-21(27)6-4-7-22(20)28/h2-13,15H,14H2,1H3/b25-12-/t15-/m1/s1. The molecular formula is C26H18Cl2O4. The highest BCUT2D eigenvalue weighted by Gasteiger charge is 2.29. The SMILES string of the molecule is C[C@H]1Oc2ccccc2C=C1/C=C1\Oc2cc(OCc3c(Cl)cccc3Cl)ccc2C1=O. The number of rotatable bonds is 4. The van der Waals surface area contributed by atoms with Gasteiger partial charge in [-0.1, -0.05) is 47.5 Å². The Balaban J connectivity index is 1.37. The first-order valence-electron chi connectivity index (χ1n) is 10.1. The first-order chi connectivity index (χ1) is 15.5. The number of benzene rings is 3. The molecule has 32 heavy (non-hydrogen) atoms. The molecule has 2 aliphatic rings. The van der Waals surface area contributed by atoms with Gasteiger partial charge in [-0.15, -0.1) is 0 Å². The maximum Gasteiger partial charge on any atom is 0.231 e. The van der Waals surface area contributed by atoms with Crippen LogP contribution in [0, 0.1) is 0 Å². The average Bonchev–Trinajstić information content (AvgIpc) is 3.08. The van der Waals surface area contributed by atoms with Crippen LogP contribution in [0.3, 0.4) is 0 Å². The van der Waals surface area contributed by atoms with Crippen molar-refractivity contribution in [3.05, 3.63) is 105 Å². The van der Waals surface area contributed by atoms with Crippen molar-refractivity contribution in [1.29, 1.82) is 0 Å². The number of carbonyl (C=O) groups excluding carboxylic acids is 1. The minimum absolute atomic E-state index is 0.173. The predicted molar refractivity (Wildman–Crippen MR) is 125 cm³/mol. The van der Waals surface area contributed by atoms with Crippen molar-refractivity contribution in [2.24, 2.45) is 0 Å². The molecule has 0 aliphatic carbocycles. The van der Waals surface area contributed by atoms with E-state index >= 15 is 0 Å². The number of ether oxygens (including phenoxy) is 3. The summed E-state index contributed by atoms with van der Waals surface area (Å²) in [6.45, 7) is 2.15. The number of hydrogen-bond acceptors (Lipinski definition) is 4. The number of ketones is 1. The molecule has 1 atom stereocenters. The van der Waals surface area contributed by atoms with Gasteiger partial charge in [-0.3, -0.25) is 4.79 Å². The smallest absolute Gasteiger partial charge is 0.231 e. The van der Waals surface area contributed by atoms with E-state index in [0.29, 0.717) is 32.7 Å². The van der Waals surface area contributed by atoms with E-state index in [4.69, 9.17) is 37.4 Å². The quantitative estimate of drug-likeness (QED) is 0.394. The maximum atomic E-state index is 12.9. The Labute approximate surface area is 195 Å². The van der Waals surface area contributed by atoms with Crippen molar-refractivity contribution in [3.8, 4) is 17.2 Å². The van der Waals surface area contributed by atoms with Gasteiger partial charge < -0.3 is 14.2 Å². The van der Waals surface area contributed by atoms with Gasteiger partial charge in [0.1, 0.15) is 30.0 Å². The van der Waals surface area contributed by atoms with Crippen molar-refractivity contribution in [2.75, 3.05) is 0 Å². The van der Waals surface area contributed by atoms with Crippen LogP contribution in [0.5, 0.6) is 17.2 Å². The van der Waals surface area contributed by atoms with Crippen LogP contribution < -0.4 is 14.2 Å². The predicted octanol–water partition coefficient (Wildman–Crippen LogP) is 6.90. The zero-order valence-electron chi connectivity index (χ0n) is 17.1. The number of carbonyl (C=O) groups is 1. The molecule has 0 spiro atoms. The van der Waals surface area contributed by atoms with E-state index in [1.165, 1.54) is 0 Å². The van der Waals surface area contributed by atoms with Crippen molar-refractivity contribution in [3.63, 3.8) is 0 Å². The summed E-state index contributed by atoms with van der Waals surface area (Å²) in [6.07, 6.45) is 3.56. The van der Waals surface area contributed by atoms with E-state index in [1.54, 1.807) is 42.5 Å². The summed E-state index contributed by atoms with van der Waals surface area (Å²) in [6, 6.07) is 18.2. The van der Waals surface area contributed by atoms with Crippen LogP contribution in [0.1, 0.15) is 28.4 Å². The molecule has 0 aromatic heterocycles.